The second-order valence-corrected chi connectivity index (χ2v) is 10.2. The van der Waals surface area contributed by atoms with Crippen molar-refractivity contribution in [3.63, 3.8) is 0 Å². The van der Waals surface area contributed by atoms with E-state index >= 15 is 0 Å². The molecule has 7 heteroatoms. The molecule has 1 atom stereocenters. The lowest BCUT2D eigenvalue weighted by Crippen LogP contribution is -2.41. The number of hydroxylamine groups is 1. The molecule has 0 spiro atoms. The SMILES string of the molecule is C=C1CCC(C(CS(=O)(=O)c2ccc(OCc3cc(C)nc(C)c3)cc2)NO)CC1. The van der Waals surface area contributed by atoms with Gasteiger partial charge in [0.05, 0.1) is 10.6 Å². The second-order valence-electron chi connectivity index (χ2n) is 8.12. The van der Waals surface area contributed by atoms with E-state index in [-0.39, 0.29) is 16.6 Å². The number of nitrogens with one attached hydrogen (secondary N) is 1. The van der Waals surface area contributed by atoms with Crippen LogP contribution in [-0.4, -0.2) is 30.4 Å². The number of hydrogen-bond acceptors (Lipinski definition) is 6. The first-order valence-corrected chi connectivity index (χ1v) is 11.9. The van der Waals surface area contributed by atoms with Crippen molar-refractivity contribution in [2.45, 2.75) is 57.1 Å². The first kappa shape index (κ1) is 22.5. The fourth-order valence-corrected chi connectivity index (χ4v) is 5.54. The molecule has 2 N–H and O–H groups in total. The molecule has 1 heterocycles. The molecule has 0 amide bonds. The van der Waals surface area contributed by atoms with Crippen molar-refractivity contribution >= 4 is 9.84 Å². The van der Waals surface area contributed by atoms with Gasteiger partial charge in [-0.3, -0.25) is 4.98 Å². The molecule has 30 heavy (non-hydrogen) atoms. The minimum atomic E-state index is -3.54. The van der Waals surface area contributed by atoms with Gasteiger partial charge in [0.1, 0.15) is 12.4 Å². The summed E-state index contributed by atoms with van der Waals surface area (Å²) in [6.45, 7) is 8.26. The van der Waals surface area contributed by atoms with Crippen molar-refractivity contribution < 1.29 is 18.4 Å². The molecule has 1 fully saturated rings. The molecule has 1 aromatic heterocycles. The highest BCUT2D eigenvalue weighted by Crippen LogP contribution is 2.30. The minimum Gasteiger partial charge on any atom is -0.489 e. The van der Waals surface area contributed by atoms with E-state index in [1.54, 1.807) is 24.3 Å². The second kappa shape index (κ2) is 9.73. The lowest BCUT2D eigenvalue weighted by Gasteiger charge is -2.30. The summed E-state index contributed by atoms with van der Waals surface area (Å²) in [6.07, 6.45) is 3.44. The molecule has 0 saturated heterocycles. The van der Waals surface area contributed by atoms with E-state index in [1.165, 1.54) is 5.57 Å². The van der Waals surface area contributed by atoms with E-state index in [0.717, 1.165) is 42.6 Å². The monoisotopic (exact) mass is 430 g/mol. The van der Waals surface area contributed by atoms with Crippen molar-refractivity contribution in [1.82, 2.24) is 10.5 Å². The Kier molecular flexibility index (Phi) is 7.28. The number of nitrogens with zero attached hydrogens (tertiary/aromatic N) is 1. The Morgan fingerprint density at radius 2 is 1.77 bits per heavy atom. The Hall–Kier alpha value is -2.22. The van der Waals surface area contributed by atoms with Crippen LogP contribution in [-0.2, 0) is 16.4 Å². The maximum absolute atomic E-state index is 12.9. The summed E-state index contributed by atoms with van der Waals surface area (Å²) in [5, 5.41) is 9.55. The van der Waals surface area contributed by atoms with Gasteiger partial charge >= 0.3 is 0 Å². The summed E-state index contributed by atoms with van der Waals surface area (Å²) in [5.74, 6) is 0.574. The Balaban J connectivity index is 1.62. The average Bonchev–Trinajstić information content (AvgIpc) is 2.71. The van der Waals surface area contributed by atoms with Gasteiger partial charge in [-0.05, 0) is 87.4 Å². The lowest BCUT2D eigenvalue weighted by atomic mass is 9.83. The van der Waals surface area contributed by atoms with Gasteiger partial charge in [-0.15, -0.1) is 0 Å². The third-order valence-corrected chi connectivity index (χ3v) is 7.39. The molecule has 6 nitrogen and oxygen atoms in total. The number of rotatable bonds is 8. The number of hydrogen-bond donors (Lipinski definition) is 2. The highest BCUT2D eigenvalue weighted by atomic mass is 32.2. The van der Waals surface area contributed by atoms with Gasteiger partial charge in [-0.25, -0.2) is 13.9 Å². The minimum absolute atomic E-state index is 0.116. The van der Waals surface area contributed by atoms with Crippen LogP contribution in [0.4, 0.5) is 0 Å². The number of ether oxygens (including phenoxy) is 1. The molecule has 1 unspecified atom stereocenters. The van der Waals surface area contributed by atoms with Crippen molar-refractivity contribution in [2.24, 2.45) is 5.92 Å². The van der Waals surface area contributed by atoms with Crippen molar-refractivity contribution in [2.75, 3.05) is 5.75 Å². The molecule has 1 aromatic carbocycles. The number of allylic oxidation sites excluding steroid dienone is 1. The summed E-state index contributed by atoms with van der Waals surface area (Å²) in [6, 6.07) is 9.90. The predicted octanol–water partition coefficient (Wildman–Crippen LogP) is 4.14. The van der Waals surface area contributed by atoms with Gasteiger partial charge in [0, 0.05) is 17.4 Å². The van der Waals surface area contributed by atoms with Crippen LogP contribution in [0.3, 0.4) is 0 Å². The zero-order valence-electron chi connectivity index (χ0n) is 17.6. The summed E-state index contributed by atoms with van der Waals surface area (Å²) in [5.41, 5.74) is 6.31. The largest absolute Gasteiger partial charge is 0.489 e. The van der Waals surface area contributed by atoms with E-state index in [1.807, 2.05) is 26.0 Å². The fourth-order valence-electron chi connectivity index (χ4n) is 3.98. The third-order valence-electron chi connectivity index (χ3n) is 5.60. The number of aromatic nitrogens is 1. The standard InChI is InChI=1S/C23H30N2O4S/c1-16-4-6-20(7-5-16)23(25-26)15-30(27,28)22-10-8-21(9-11-22)29-14-19-12-17(2)24-18(3)13-19/h8-13,20,23,25-26H,1,4-7,14-15H2,2-3H3. The molecule has 0 bridgehead atoms. The third kappa shape index (κ3) is 5.90. The van der Waals surface area contributed by atoms with Crippen LogP contribution in [0.25, 0.3) is 0 Å². The molecule has 0 radical (unpaired) electrons. The maximum Gasteiger partial charge on any atom is 0.180 e. The van der Waals surface area contributed by atoms with E-state index in [2.05, 4.69) is 17.0 Å². The fraction of sp³-hybridized carbons (Fsp3) is 0.435. The molecule has 1 aliphatic carbocycles. The quantitative estimate of drug-likeness (QED) is 0.483. The van der Waals surface area contributed by atoms with E-state index in [4.69, 9.17) is 4.74 Å². The number of pyridine rings is 1. The first-order valence-electron chi connectivity index (χ1n) is 10.2. The molecular weight excluding hydrogens is 400 g/mol. The van der Waals surface area contributed by atoms with E-state index in [0.29, 0.717) is 12.4 Å². The normalized spacial score (nSPS) is 16.4. The van der Waals surface area contributed by atoms with Crippen LogP contribution in [0.1, 0.15) is 42.6 Å². The van der Waals surface area contributed by atoms with Gasteiger partial charge in [0.25, 0.3) is 0 Å². The number of aryl methyl sites for hydroxylation is 2. The Bertz CT molecular complexity index is 957. The molecule has 3 rings (SSSR count). The molecule has 2 aromatic rings. The maximum atomic E-state index is 12.9. The number of sulfone groups is 1. The molecular formula is C23H30N2O4S. The summed E-state index contributed by atoms with van der Waals surface area (Å²) in [4.78, 5) is 4.57. The lowest BCUT2D eigenvalue weighted by molar-refractivity contribution is 0.0980. The van der Waals surface area contributed by atoms with Crippen molar-refractivity contribution in [1.29, 1.82) is 0 Å². The van der Waals surface area contributed by atoms with E-state index in [9.17, 15) is 13.6 Å². The van der Waals surface area contributed by atoms with Gasteiger partial charge in [0.15, 0.2) is 9.84 Å². The zero-order valence-corrected chi connectivity index (χ0v) is 18.4. The molecule has 1 saturated carbocycles. The van der Waals surface area contributed by atoms with Crippen LogP contribution in [0.2, 0.25) is 0 Å². The van der Waals surface area contributed by atoms with Gasteiger partial charge in [-0.1, -0.05) is 12.2 Å². The van der Waals surface area contributed by atoms with Crippen LogP contribution in [0.15, 0.2) is 53.4 Å². The number of benzene rings is 1. The summed E-state index contributed by atoms with van der Waals surface area (Å²) in [7, 11) is -3.54. The van der Waals surface area contributed by atoms with Crippen LogP contribution < -0.4 is 10.2 Å². The van der Waals surface area contributed by atoms with Crippen molar-refractivity contribution in [3.8, 4) is 5.75 Å². The smallest absolute Gasteiger partial charge is 0.180 e. The van der Waals surface area contributed by atoms with Crippen LogP contribution in [0.5, 0.6) is 5.75 Å². The van der Waals surface area contributed by atoms with Gasteiger partial charge in [0.2, 0.25) is 0 Å². The van der Waals surface area contributed by atoms with Gasteiger partial charge < -0.3 is 9.94 Å². The van der Waals surface area contributed by atoms with Crippen LogP contribution in [0, 0.1) is 19.8 Å². The predicted molar refractivity (Wildman–Crippen MR) is 116 cm³/mol. The highest BCUT2D eigenvalue weighted by Gasteiger charge is 2.29. The Morgan fingerprint density at radius 1 is 1.17 bits per heavy atom. The first-order chi connectivity index (χ1) is 14.3. The topological polar surface area (TPSA) is 88.5 Å². The Labute approximate surface area is 178 Å². The summed E-state index contributed by atoms with van der Waals surface area (Å²) < 4.78 is 31.5. The molecule has 1 aliphatic rings. The average molecular weight is 431 g/mol. The Morgan fingerprint density at radius 3 is 2.33 bits per heavy atom. The van der Waals surface area contributed by atoms with E-state index < -0.39 is 15.9 Å². The molecule has 162 valence electrons. The van der Waals surface area contributed by atoms with Gasteiger partial charge in [-0.2, -0.15) is 0 Å². The summed E-state index contributed by atoms with van der Waals surface area (Å²) >= 11 is 0. The van der Waals surface area contributed by atoms with Crippen molar-refractivity contribution in [3.05, 3.63) is 65.5 Å². The zero-order chi connectivity index (χ0) is 21.7. The molecule has 0 aliphatic heterocycles. The van der Waals surface area contributed by atoms with Crippen LogP contribution >= 0.6 is 0 Å². The highest BCUT2D eigenvalue weighted by molar-refractivity contribution is 7.91.